The molecule has 2 aliphatic carbocycles. The lowest BCUT2D eigenvalue weighted by Crippen LogP contribution is -2.28. The first-order valence-corrected chi connectivity index (χ1v) is 35.4. The van der Waals surface area contributed by atoms with Gasteiger partial charge in [-0.25, -0.2) is 0 Å². The van der Waals surface area contributed by atoms with Crippen molar-refractivity contribution in [3.63, 3.8) is 0 Å². The molecule has 0 aromatic heterocycles. The number of anilines is 6. The van der Waals surface area contributed by atoms with E-state index in [4.69, 9.17) is 0 Å². The van der Waals surface area contributed by atoms with Gasteiger partial charge in [0.25, 0.3) is 0 Å². The first-order chi connectivity index (χ1) is 50.6. The Morgan fingerprint density at radius 3 is 0.735 bits per heavy atom. The number of nitrogens with zero attached hydrogens (tertiary/aromatic N) is 2. The molecular weight excluding hydrogens is 1230 g/mol. The minimum atomic E-state index is -0.503. The molecule has 2 heteroatoms. The molecule has 0 atom stereocenters. The van der Waals surface area contributed by atoms with Crippen molar-refractivity contribution in [1.29, 1.82) is 0 Å². The second-order valence-corrected chi connectivity index (χ2v) is 26.9. The van der Waals surface area contributed by atoms with E-state index < -0.39 is 10.8 Å². The molecule has 17 aromatic carbocycles. The van der Waals surface area contributed by atoms with Gasteiger partial charge >= 0.3 is 0 Å². The molecule has 102 heavy (non-hydrogen) atoms. The molecule has 0 fully saturated rings. The van der Waals surface area contributed by atoms with Gasteiger partial charge in [-0.05, 0) is 218 Å². The summed E-state index contributed by atoms with van der Waals surface area (Å²) in [5.41, 5.74) is 30.1. The van der Waals surface area contributed by atoms with Gasteiger partial charge in [0.15, 0.2) is 0 Å². The Kier molecular flexibility index (Phi) is 14.7. The summed E-state index contributed by atoms with van der Waals surface area (Å²) in [5, 5.41) is 4.96. The quantitative estimate of drug-likeness (QED) is 0.100. The summed E-state index contributed by atoms with van der Waals surface area (Å²) in [5.74, 6) is 0. The monoisotopic (exact) mass is 1300 g/mol. The van der Waals surface area contributed by atoms with Crippen LogP contribution in [0.4, 0.5) is 34.1 Å². The van der Waals surface area contributed by atoms with Crippen molar-refractivity contribution in [2.45, 2.75) is 10.8 Å². The molecule has 17 aromatic rings. The van der Waals surface area contributed by atoms with Crippen LogP contribution >= 0.6 is 0 Å². The molecule has 0 spiro atoms. The van der Waals surface area contributed by atoms with E-state index in [-0.39, 0.29) is 0 Å². The van der Waals surface area contributed by atoms with Crippen LogP contribution in [0.15, 0.2) is 413 Å². The molecule has 2 aliphatic rings. The van der Waals surface area contributed by atoms with Crippen LogP contribution in [0.5, 0.6) is 0 Å². The third-order valence-electron chi connectivity index (χ3n) is 21.6. The summed E-state index contributed by atoms with van der Waals surface area (Å²) < 4.78 is 0. The lowest BCUT2D eigenvalue weighted by atomic mass is 9.67. The lowest BCUT2D eigenvalue weighted by molar-refractivity contribution is 0.769. The molecule has 0 amide bonds. The molecule has 19 rings (SSSR count). The number of para-hydroxylation sites is 1. The number of hydrogen-bond donors (Lipinski definition) is 0. The lowest BCUT2D eigenvalue weighted by Gasteiger charge is -2.34. The fourth-order valence-corrected chi connectivity index (χ4v) is 17.2. The van der Waals surface area contributed by atoms with Gasteiger partial charge in [0, 0.05) is 34.1 Å². The van der Waals surface area contributed by atoms with Gasteiger partial charge in [-0.1, -0.05) is 328 Å². The second-order valence-electron chi connectivity index (χ2n) is 26.9. The molecule has 0 saturated heterocycles. The van der Waals surface area contributed by atoms with Crippen LogP contribution < -0.4 is 9.80 Å². The van der Waals surface area contributed by atoms with E-state index >= 15 is 0 Å². The smallest absolute Gasteiger partial charge is 0.0713 e. The SMILES string of the molecule is c1ccc(-c2c3ccccc3c(-c3ccc(N(c4ccccc4)c4ccc(N(c5ccc(-c6ccc7c(c6)C(c6ccccc6)(c6ccccc6)c6ccccc6-7)cc5)c5ccc(-c6ccc7c(c6)C(c6ccccc6)(c6ccccc6)c6ccccc6-7)cc5)cc4)cc3)c3ccccc23)cc1. The van der Waals surface area contributed by atoms with Crippen molar-refractivity contribution in [1.82, 2.24) is 0 Å². The highest BCUT2D eigenvalue weighted by Gasteiger charge is 2.48. The minimum absolute atomic E-state index is 0.503. The number of benzene rings is 17. The van der Waals surface area contributed by atoms with Gasteiger partial charge in [0.05, 0.1) is 10.8 Å². The highest BCUT2D eigenvalue weighted by atomic mass is 15.2. The largest absolute Gasteiger partial charge is 0.311 e. The Morgan fingerprint density at radius 1 is 0.157 bits per heavy atom. The van der Waals surface area contributed by atoms with Gasteiger partial charge in [0.2, 0.25) is 0 Å². The van der Waals surface area contributed by atoms with Crippen LogP contribution in [-0.4, -0.2) is 0 Å². The standard InChI is InChI=1S/C100H68N2/c1-7-27-71(28-8-1)97-89-41-19-21-43-91(89)98(92-44-22-20-42-90(92)97)72-51-59-82(60-52-72)101(79-37-17-6-18-38-79)83-61-63-84(64-62-83)102(80-55-47-69(48-56-80)73-53-65-87-85-39-23-25-45-93(85)99(95(87)67-73,75-29-9-2-10-30-75)76-31-11-3-12-32-76)81-57-49-70(50-58-81)74-54-66-88-86-40-24-26-46-94(86)100(96(88)68-74,77-33-13-4-14-34-77)78-35-15-5-16-36-78/h1-68H. The van der Waals surface area contributed by atoms with E-state index in [1.54, 1.807) is 0 Å². The Bertz CT molecular complexity index is 5580. The molecule has 0 N–H and O–H groups in total. The summed E-state index contributed by atoms with van der Waals surface area (Å²) in [6.45, 7) is 0. The first kappa shape index (κ1) is 60.1. The molecular formula is C100H68N2. The van der Waals surface area contributed by atoms with Crippen LogP contribution in [0, 0.1) is 0 Å². The summed E-state index contributed by atoms with van der Waals surface area (Å²) in [6.07, 6.45) is 0. The zero-order valence-corrected chi connectivity index (χ0v) is 56.2. The Hall–Kier alpha value is -13.1. The molecule has 0 heterocycles. The Morgan fingerprint density at radius 2 is 0.392 bits per heavy atom. The van der Waals surface area contributed by atoms with Crippen molar-refractivity contribution in [2.75, 3.05) is 9.80 Å². The third kappa shape index (κ3) is 9.71. The minimum Gasteiger partial charge on any atom is -0.311 e. The van der Waals surface area contributed by atoms with E-state index in [9.17, 15) is 0 Å². The van der Waals surface area contributed by atoms with E-state index in [0.717, 1.165) is 45.3 Å². The third-order valence-corrected chi connectivity index (χ3v) is 21.6. The van der Waals surface area contributed by atoms with Crippen LogP contribution in [0.2, 0.25) is 0 Å². The zero-order valence-electron chi connectivity index (χ0n) is 56.2. The van der Waals surface area contributed by atoms with Crippen LogP contribution in [0.3, 0.4) is 0 Å². The van der Waals surface area contributed by atoms with Crippen molar-refractivity contribution in [2.24, 2.45) is 0 Å². The maximum absolute atomic E-state index is 2.46. The van der Waals surface area contributed by atoms with Crippen LogP contribution in [0.25, 0.3) is 88.3 Å². The average Bonchev–Trinajstić information content (AvgIpc) is 1.55. The molecule has 478 valence electrons. The predicted molar refractivity (Wildman–Crippen MR) is 427 cm³/mol. The fraction of sp³-hybridized carbons (Fsp3) is 0.0200. The molecule has 0 aliphatic heterocycles. The van der Waals surface area contributed by atoms with Gasteiger partial charge in [0.1, 0.15) is 0 Å². The molecule has 0 saturated carbocycles. The van der Waals surface area contributed by atoms with Crippen molar-refractivity contribution >= 4 is 55.7 Å². The van der Waals surface area contributed by atoms with E-state index in [2.05, 4.69) is 422 Å². The zero-order chi connectivity index (χ0) is 67.6. The number of hydrogen-bond acceptors (Lipinski definition) is 2. The summed E-state index contributed by atoms with van der Waals surface area (Å²) in [4.78, 5) is 4.77. The molecule has 0 bridgehead atoms. The van der Waals surface area contributed by atoms with Gasteiger partial charge in [-0.15, -0.1) is 0 Å². The highest BCUT2D eigenvalue weighted by molar-refractivity contribution is 6.21. The van der Waals surface area contributed by atoms with Gasteiger partial charge < -0.3 is 9.80 Å². The van der Waals surface area contributed by atoms with Gasteiger partial charge in [-0.2, -0.15) is 0 Å². The van der Waals surface area contributed by atoms with E-state index in [1.807, 2.05) is 0 Å². The highest BCUT2D eigenvalue weighted by Crippen LogP contribution is 2.59. The maximum atomic E-state index is 2.46. The van der Waals surface area contributed by atoms with Gasteiger partial charge in [-0.3, -0.25) is 0 Å². The van der Waals surface area contributed by atoms with Crippen molar-refractivity contribution in [3.05, 3.63) is 457 Å². The second kappa shape index (κ2) is 25.0. The van der Waals surface area contributed by atoms with Crippen LogP contribution in [-0.2, 0) is 10.8 Å². The molecule has 2 nitrogen and oxygen atoms in total. The first-order valence-electron chi connectivity index (χ1n) is 35.4. The summed E-state index contributed by atoms with van der Waals surface area (Å²) in [6, 6.07) is 153. The van der Waals surface area contributed by atoms with Crippen molar-refractivity contribution in [3.8, 4) is 66.8 Å². The van der Waals surface area contributed by atoms with Crippen molar-refractivity contribution < 1.29 is 0 Å². The van der Waals surface area contributed by atoms with E-state index in [1.165, 1.54) is 122 Å². The Labute approximate surface area is 596 Å². The molecule has 0 radical (unpaired) electrons. The fourth-order valence-electron chi connectivity index (χ4n) is 17.2. The summed E-state index contributed by atoms with van der Waals surface area (Å²) in [7, 11) is 0. The normalized spacial score (nSPS) is 12.9. The van der Waals surface area contributed by atoms with E-state index in [0.29, 0.717) is 0 Å². The Balaban J connectivity index is 0.719. The number of fused-ring (bicyclic) bond motifs is 8. The average molecular weight is 1300 g/mol. The van der Waals surface area contributed by atoms with Crippen LogP contribution in [0.1, 0.15) is 44.5 Å². The molecule has 0 unspecified atom stereocenters. The predicted octanol–water partition coefficient (Wildman–Crippen LogP) is 26.3. The maximum Gasteiger partial charge on any atom is 0.0713 e. The topological polar surface area (TPSA) is 6.48 Å². The number of rotatable bonds is 14. The summed E-state index contributed by atoms with van der Waals surface area (Å²) >= 11 is 0.